The molecule has 2 aliphatic rings. The summed E-state index contributed by atoms with van der Waals surface area (Å²) < 4.78 is 14.6. The number of hydrogen-bond acceptors (Lipinski definition) is 9. The third-order valence-corrected chi connectivity index (χ3v) is 6.76. The number of nitrogens with one attached hydrogen (secondary N) is 1. The molecule has 3 aromatic heterocycles. The SMILES string of the molecule is C[C@@H]1CCN1c1cnc(CC#N)c2cc(Nc3ccnc(N4CC[C@@H](O)[C@@](C)(F)C4)n3)ncc12. The maximum Gasteiger partial charge on any atom is 0.227 e. The van der Waals surface area contributed by atoms with E-state index < -0.39 is 11.8 Å². The molecule has 2 saturated heterocycles. The van der Waals surface area contributed by atoms with Crippen LogP contribution in [0.5, 0.6) is 0 Å². The first kappa shape index (κ1) is 22.2. The first-order valence-corrected chi connectivity index (χ1v) is 11.5. The summed E-state index contributed by atoms with van der Waals surface area (Å²) in [6.07, 6.45) is 5.92. The molecule has 0 amide bonds. The molecule has 10 heteroatoms. The number of aliphatic hydroxyl groups excluding tert-OH is 1. The molecule has 9 nitrogen and oxygen atoms in total. The molecule has 5 rings (SSSR count). The van der Waals surface area contributed by atoms with Crippen LogP contribution in [-0.2, 0) is 6.42 Å². The van der Waals surface area contributed by atoms with Gasteiger partial charge in [0.05, 0.1) is 42.7 Å². The smallest absolute Gasteiger partial charge is 0.227 e. The van der Waals surface area contributed by atoms with Gasteiger partial charge in [-0.25, -0.2) is 14.4 Å². The van der Waals surface area contributed by atoms with E-state index in [0.717, 1.165) is 29.4 Å². The van der Waals surface area contributed by atoms with Gasteiger partial charge in [0.25, 0.3) is 0 Å². The monoisotopic (exact) mass is 462 g/mol. The summed E-state index contributed by atoms with van der Waals surface area (Å²) in [5.74, 6) is 1.48. The predicted molar refractivity (Wildman–Crippen MR) is 128 cm³/mol. The van der Waals surface area contributed by atoms with E-state index in [4.69, 9.17) is 0 Å². The highest BCUT2D eigenvalue weighted by Gasteiger charge is 2.39. The Kier molecular flexibility index (Phi) is 5.65. The van der Waals surface area contributed by atoms with Gasteiger partial charge in [-0.2, -0.15) is 10.2 Å². The van der Waals surface area contributed by atoms with E-state index in [1.54, 1.807) is 17.2 Å². The third-order valence-electron chi connectivity index (χ3n) is 6.76. The molecule has 0 aliphatic carbocycles. The molecule has 3 atom stereocenters. The molecule has 0 spiro atoms. The zero-order valence-corrected chi connectivity index (χ0v) is 19.2. The van der Waals surface area contributed by atoms with Crippen molar-refractivity contribution in [3.63, 3.8) is 0 Å². The molecule has 2 fully saturated rings. The van der Waals surface area contributed by atoms with Gasteiger partial charge in [0, 0.05) is 42.3 Å². The van der Waals surface area contributed by atoms with Crippen LogP contribution < -0.4 is 15.1 Å². The number of halogens is 1. The van der Waals surface area contributed by atoms with E-state index in [1.165, 1.54) is 6.92 Å². The molecule has 176 valence electrons. The lowest BCUT2D eigenvalue weighted by molar-refractivity contribution is -0.00860. The van der Waals surface area contributed by atoms with Gasteiger partial charge in [-0.1, -0.05) is 0 Å². The Morgan fingerprint density at radius 2 is 2.06 bits per heavy atom. The fourth-order valence-corrected chi connectivity index (χ4v) is 4.57. The van der Waals surface area contributed by atoms with Crippen molar-refractivity contribution in [2.24, 2.45) is 0 Å². The molecule has 3 aromatic rings. The van der Waals surface area contributed by atoms with Crippen molar-refractivity contribution in [3.8, 4) is 6.07 Å². The fraction of sp³-hybridized carbons (Fsp3) is 0.458. The Morgan fingerprint density at radius 1 is 1.21 bits per heavy atom. The number of piperidine rings is 1. The molecule has 0 aromatic carbocycles. The van der Waals surface area contributed by atoms with Crippen LogP contribution in [0.3, 0.4) is 0 Å². The Hall–Kier alpha value is -3.58. The van der Waals surface area contributed by atoms with Gasteiger partial charge >= 0.3 is 0 Å². The van der Waals surface area contributed by atoms with Crippen LogP contribution in [0, 0.1) is 11.3 Å². The highest BCUT2D eigenvalue weighted by Crippen LogP contribution is 2.34. The first-order valence-electron chi connectivity index (χ1n) is 11.5. The Bertz CT molecular complexity index is 1260. The minimum Gasteiger partial charge on any atom is -0.390 e. The molecule has 34 heavy (non-hydrogen) atoms. The second kappa shape index (κ2) is 8.65. The quantitative estimate of drug-likeness (QED) is 0.590. The van der Waals surface area contributed by atoms with Gasteiger partial charge < -0.3 is 20.2 Å². The number of hydrogen-bond donors (Lipinski definition) is 2. The molecule has 0 radical (unpaired) electrons. The summed E-state index contributed by atoms with van der Waals surface area (Å²) in [5, 5.41) is 24.2. The molecular formula is C24H27FN8O. The summed E-state index contributed by atoms with van der Waals surface area (Å²) in [4.78, 5) is 22.0. The Labute approximate surface area is 197 Å². The zero-order chi connectivity index (χ0) is 23.9. The summed E-state index contributed by atoms with van der Waals surface area (Å²) in [5.41, 5.74) is 0.0125. The number of aliphatic hydroxyl groups is 1. The first-order chi connectivity index (χ1) is 16.4. The minimum absolute atomic E-state index is 0.0206. The van der Waals surface area contributed by atoms with E-state index in [0.29, 0.717) is 42.3 Å². The Balaban J connectivity index is 1.44. The molecule has 0 saturated carbocycles. The molecule has 2 aliphatic heterocycles. The Morgan fingerprint density at radius 3 is 2.76 bits per heavy atom. The summed E-state index contributed by atoms with van der Waals surface area (Å²) >= 11 is 0. The predicted octanol–water partition coefficient (Wildman–Crippen LogP) is 3.13. The summed E-state index contributed by atoms with van der Waals surface area (Å²) in [6.45, 7) is 5.05. The largest absolute Gasteiger partial charge is 0.390 e. The average Bonchev–Trinajstić information content (AvgIpc) is 2.81. The van der Waals surface area contributed by atoms with Gasteiger partial charge in [0.15, 0.2) is 5.67 Å². The average molecular weight is 463 g/mol. The lowest BCUT2D eigenvalue weighted by Gasteiger charge is -2.41. The van der Waals surface area contributed by atoms with Crippen LogP contribution in [0.4, 0.5) is 27.7 Å². The highest BCUT2D eigenvalue weighted by atomic mass is 19.1. The molecule has 0 bridgehead atoms. The maximum absolute atomic E-state index is 14.6. The van der Waals surface area contributed by atoms with Crippen molar-refractivity contribution in [2.75, 3.05) is 34.8 Å². The van der Waals surface area contributed by atoms with Crippen molar-refractivity contribution >= 4 is 34.0 Å². The summed E-state index contributed by atoms with van der Waals surface area (Å²) in [6, 6.07) is 6.25. The number of pyridine rings is 2. The van der Waals surface area contributed by atoms with E-state index in [9.17, 15) is 14.8 Å². The van der Waals surface area contributed by atoms with E-state index in [-0.39, 0.29) is 13.0 Å². The van der Waals surface area contributed by atoms with Crippen LogP contribution in [0.25, 0.3) is 10.8 Å². The number of aromatic nitrogens is 4. The highest BCUT2D eigenvalue weighted by molar-refractivity contribution is 5.96. The number of rotatable bonds is 5. The number of nitrogens with zero attached hydrogens (tertiary/aromatic N) is 7. The van der Waals surface area contributed by atoms with Crippen molar-refractivity contribution in [1.29, 1.82) is 5.26 Å². The van der Waals surface area contributed by atoms with Gasteiger partial charge in [-0.05, 0) is 38.8 Å². The van der Waals surface area contributed by atoms with Crippen molar-refractivity contribution < 1.29 is 9.50 Å². The van der Waals surface area contributed by atoms with Crippen LogP contribution >= 0.6 is 0 Å². The van der Waals surface area contributed by atoms with Crippen LogP contribution in [-0.4, -0.2) is 62.5 Å². The van der Waals surface area contributed by atoms with Gasteiger partial charge in [-0.3, -0.25) is 4.98 Å². The van der Waals surface area contributed by atoms with Gasteiger partial charge in [0.1, 0.15) is 11.6 Å². The standard InChI is InChI=1S/C24H27FN8O/c1-15-5-10-33(15)19-13-28-18(3-7-26)16-11-22(29-12-17(16)19)30-21-4-8-27-23(31-21)32-9-6-20(34)24(2,25)14-32/h4,8,11-13,15,20,34H,3,5-6,9-10,14H2,1-2H3,(H,27,29,30,31)/t15-,20-,24+/m1/s1. The maximum atomic E-state index is 14.6. The second-order valence-corrected chi connectivity index (χ2v) is 9.24. The van der Waals surface area contributed by atoms with Gasteiger partial charge in [-0.15, -0.1) is 0 Å². The molecular weight excluding hydrogens is 435 g/mol. The van der Waals surface area contributed by atoms with Crippen LogP contribution in [0.2, 0.25) is 0 Å². The minimum atomic E-state index is -1.72. The van der Waals surface area contributed by atoms with Gasteiger partial charge in [0.2, 0.25) is 5.95 Å². The fourth-order valence-electron chi connectivity index (χ4n) is 4.57. The normalized spacial score (nSPS) is 24.6. The van der Waals surface area contributed by atoms with E-state index >= 15 is 0 Å². The third kappa shape index (κ3) is 4.07. The topological polar surface area (TPSA) is 114 Å². The van der Waals surface area contributed by atoms with Crippen molar-refractivity contribution in [2.45, 2.75) is 50.9 Å². The number of fused-ring (bicyclic) bond motifs is 1. The molecule has 5 heterocycles. The van der Waals surface area contributed by atoms with Crippen molar-refractivity contribution in [3.05, 3.63) is 36.4 Å². The van der Waals surface area contributed by atoms with Crippen LogP contribution in [0.1, 0.15) is 32.4 Å². The number of nitriles is 1. The number of anilines is 4. The van der Waals surface area contributed by atoms with Crippen molar-refractivity contribution in [1.82, 2.24) is 19.9 Å². The van der Waals surface area contributed by atoms with E-state index in [1.807, 2.05) is 18.5 Å². The van der Waals surface area contributed by atoms with Crippen LogP contribution in [0.15, 0.2) is 30.7 Å². The molecule has 2 N–H and O–H groups in total. The lowest BCUT2D eigenvalue weighted by Crippen LogP contribution is -2.52. The number of alkyl halides is 1. The summed E-state index contributed by atoms with van der Waals surface area (Å²) in [7, 11) is 0. The van der Waals surface area contributed by atoms with E-state index in [2.05, 4.69) is 43.1 Å². The zero-order valence-electron chi connectivity index (χ0n) is 19.2. The lowest BCUT2D eigenvalue weighted by atomic mass is 9.94. The second-order valence-electron chi connectivity index (χ2n) is 9.24. The molecule has 0 unspecified atom stereocenters.